The van der Waals surface area contributed by atoms with Crippen LogP contribution in [0.1, 0.15) is 30.9 Å². The van der Waals surface area contributed by atoms with E-state index >= 15 is 0 Å². The number of hydrogen-bond acceptors (Lipinski definition) is 4. The zero-order valence-electron chi connectivity index (χ0n) is 16.0. The number of fused-ring (bicyclic) bond motifs is 1. The summed E-state index contributed by atoms with van der Waals surface area (Å²) < 4.78 is 3.37. The van der Waals surface area contributed by atoms with E-state index < -0.39 is 5.69 Å². The maximum Gasteiger partial charge on any atom is 0.329 e. The number of aromatic amines is 1. The summed E-state index contributed by atoms with van der Waals surface area (Å²) in [6, 6.07) is 8.27. The van der Waals surface area contributed by atoms with Crippen LogP contribution < -0.4 is 16.1 Å². The van der Waals surface area contributed by atoms with Crippen LogP contribution in [0.2, 0.25) is 0 Å². The number of aryl methyl sites for hydroxylation is 2. The second-order valence-corrected chi connectivity index (χ2v) is 7.64. The first-order chi connectivity index (χ1) is 12.9. The molecule has 3 aromatic rings. The van der Waals surface area contributed by atoms with Crippen LogP contribution in [-0.4, -0.2) is 32.2 Å². The van der Waals surface area contributed by atoms with Crippen LogP contribution >= 0.6 is 0 Å². The Balaban J connectivity index is 1.88. The van der Waals surface area contributed by atoms with Gasteiger partial charge in [-0.2, -0.15) is 4.98 Å². The lowest BCUT2D eigenvalue weighted by molar-refractivity contribution is 0.432. The quantitative estimate of drug-likeness (QED) is 0.768. The van der Waals surface area contributed by atoms with E-state index in [1.165, 1.54) is 10.1 Å². The van der Waals surface area contributed by atoms with Crippen molar-refractivity contribution in [3.8, 4) is 0 Å². The number of aromatic nitrogens is 4. The van der Waals surface area contributed by atoms with Crippen LogP contribution in [0.4, 0.5) is 5.95 Å². The fourth-order valence-electron chi connectivity index (χ4n) is 3.70. The molecule has 1 saturated heterocycles. The van der Waals surface area contributed by atoms with Crippen molar-refractivity contribution in [3.63, 3.8) is 0 Å². The maximum atomic E-state index is 12.6. The van der Waals surface area contributed by atoms with E-state index in [-0.39, 0.29) is 5.56 Å². The molecule has 0 bridgehead atoms. The molecule has 0 atom stereocenters. The van der Waals surface area contributed by atoms with Crippen molar-refractivity contribution in [2.45, 2.75) is 33.2 Å². The number of rotatable bonds is 3. The van der Waals surface area contributed by atoms with Crippen molar-refractivity contribution in [3.05, 3.63) is 56.2 Å². The maximum absolute atomic E-state index is 12.6. The molecule has 0 spiro atoms. The standard InChI is InChI=1S/C20H25N5O2/c1-13-4-6-15(7-5-13)12-25-16-17(23(3)20(27)22-18(16)26)21-19(25)24-10-8-14(2)9-11-24/h4-7,14H,8-12H2,1-3H3,(H,22,26,27). The average molecular weight is 367 g/mol. The highest BCUT2D eigenvalue weighted by molar-refractivity contribution is 5.74. The highest BCUT2D eigenvalue weighted by atomic mass is 16.2. The molecule has 0 saturated carbocycles. The summed E-state index contributed by atoms with van der Waals surface area (Å²) >= 11 is 0. The lowest BCUT2D eigenvalue weighted by Gasteiger charge is -2.31. The van der Waals surface area contributed by atoms with E-state index in [0.717, 1.165) is 37.4 Å². The lowest BCUT2D eigenvalue weighted by atomic mass is 10.00. The largest absolute Gasteiger partial charge is 0.342 e. The minimum Gasteiger partial charge on any atom is -0.342 e. The van der Waals surface area contributed by atoms with Gasteiger partial charge >= 0.3 is 5.69 Å². The van der Waals surface area contributed by atoms with Crippen LogP contribution in [0.5, 0.6) is 0 Å². The lowest BCUT2D eigenvalue weighted by Crippen LogP contribution is -2.35. The van der Waals surface area contributed by atoms with E-state index in [0.29, 0.717) is 23.6 Å². The first-order valence-electron chi connectivity index (χ1n) is 9.44. The number of H-pyrrole nitrogens is 1. The molecular formula is C20H25N5O2. The minimum absolute atomic E-state index is 0.385. The minimum atomic E-state index is -0.439. The van der Waals surface area contributed by atoms with Crippen molar-refractivity contribution >= 4 is 17.1 Å². The molecule has 0 amide bonds. The molecule has 0 unspecified atom stereocenters. The molecule has 142 valence electrons. The summed E-state index contributed by atoms with van der Waals surface area (Å²) in [7, 11) is 1.64. The summed E-state index contributed by atoms with van der Waals surface area (Å²) in [4.78, 5) is 34.0. The van der Waals surface area contributed by atoms with Gasteiger partial charge < -0.3 is 4.90 Å². The van der Waals surface area contributed by atoms with Gasteiger partial charge in [0.25, 0.3) is 5.56 Å². The summed E-state index contributed by atoms with van der Waals surface area (Å²) in [5.41, 5.74) is 2.35. The fourth-order valence-corrected chi connectivity index (χ4v) is 3.70. The van der Waals surface area contributed by atoms with Gasteiger partial charge in [0.15, 0.2) is 11.2 Å². The Morgan fingerprint density at radius 2 is 1.81 bits per heavy atom. The molecule has 0 aliphatic carbocycles. The van der Waals surface area contributed by atoms with Crippen LogP contribution in [-0.2, 0) is 13.6 Å². The third-order valence-corrected chi connectivity index (χ3v) is 5.51. The topological polar surface area (TPSA) is 75.9 Å². The van der Waals surface area contributed by atoms with Gasteiger partial charge in [0, 0.05) is 20.1 Å². The van der Waals surface area contributed by atoms with Crippen LogP contribution in [0.15, 0.2) is 33.9 Å². The number of nitrogens with one attached hydrogen (secondary N) is 1. The van der Waals surface area contributed by atoms with Crippen LogP contribution in [0, 0.1) is 12.8 Å². The fraction of sp³-hybridized carbons (Fsp3) is 0.450. The van der Waals surface area contributed by atoms with E-state index in [2.05, 4.69) is 48.0 Å². The number of hydrogen-bond donors (Lipinski definition) is 1. The zero-order chi connectivity index (χ0) is 19.1. The van der Waals surface area contributed by atoms with Gasteiger partial charge in [0.05, 0.1) is 6.54 Å². The molecule has 3 heterocycles. The Hall–Kier alpha value is -2.83. The molecule has 7 heteroatoms. The predicted molar refractivity (Wildman–Crippen MR) is 106 cm³/mol. The molecule has 1 N–H and O–H groups in total. The highest BCUT2D eigenvalue weighted by Crippen LogP contribution is 2.26. The normalized spacial score (nSPS) is 15.6. The van der Waals surface area contributed by atoms with Crippen molar-refractivity contribution in [1.82, 2.24) is 19.1 Å². The highest BCUT2D eigenvalue weighted by Gasteiger charge is 2.24. The second kappa shape index (κ2) is 6.72. The monoisotopic (exact) mass is 367 g/mol. The summed E-state index contributed by atoms with van der Waals surface area (Å²) in [6.45, 7) is 6.67. The Morgan fingerprint density at radius 1 is 1.15 bits per heavy atom. The molecule has 1 aliphatic rings. The molecule has 0 radical (unpaired) electrons. The molecule has 27 heavy (non-hydrogen) atoms. The summed E-state index contributed by atoms with van der Waals surface area (Å²) in [6.07, 6.45) is 2.20. The average Bonchev–Trinajstić information content (AvgIpc) is 3.02. The third kappa shape index (κ3) is 3.18. The Bertz CT molecular complexity index is 1080. The molecule has 7 nitrogen and oxygen atoms in total. The van der Waals surface area contributed by atoms with E-state index in [1.807, 2.05) is 4.57 Å². The number of anilines is 1. The Morgan fingerprint density at radius 3 is 2.48 bits per heavy atom. The van der Waals surface area contributed by atoms with Gasteiger partial charge in [0.1, 0.15) is 0 Å². The van der Waals surface area contributed by atoms with Crippen molar-refractivity contribution in [2.75, 3.05) is 18.0 Å². The molecule has 4 rings (SSSR count). The van der Waals surface area contributed by atoms with Crippen molar-refractivity contribution in [2.24, 2.45) is 13.0 Å². The van der Waals surface area contributed by atoms with Gasteiger partial charge in [-0.1, -0.05) is 36.8 Å². The number of piperidine rings is 1. The Kier molecular flexibility index (Phi) is 4.37. The molecule has 1 aromatic carbocycles. The Labute approximate surface area is 157 Å². The van der Waals surface area contributed by atoms with E-state index in [4.69, 9.17) is 4.98 Å². The zero-order valence-corrected chi connectivity index (χ0v) is 16.0. The molecule has 1 aliphatic heterocycles. The van der Waals surface area contributed by atoms with Crippen molar-refractivity contribution < 1.29 is 0 Å². The van der Waals surface area contributed by atoms with Crippen LogP contribution in [0.3, 0.4) is 0 Å². The smallest absolute Gasteiger partial charge is 0.329 e. The van der Waals surface area contributed by atoms with Gasteiger partial charge in [-0.05, 0) is 31.2 Å². The number of benzene rings is 1. The van der Waals surface area contributed by atoms with Gasteiger partial charge in [-0.3, -0.25) is 18.9 Å². The summed E-state index contributed by atoms with van der Waals surface area (Å²) in [5, 5.41) is 0. The number of nitrogens with zero attached hydrogens (tertiary/aromatic N) is 4. The number of imidazole rings is 1. The molecule has 2 aromatic heterocycles. The first kappa shape index (κ1) is 17.6. The van der Waals surface area contributed by atoms with Crippen molar-refractivity contribution in [1.29, 1.82) is 0 Å². The molecular weight excluding hydrogens is 342 g/mol. The van der Waals surface area contributed by atoms with E-state index in [9.17, 15) is 9.59 Å². The van der Waals surface area contributed by atoms with Gasteiger partial charge in [-0.25, -0.2) is 4.79 Å². The van der Waals surface area contributed by atoms with Gasteiger partial charge in [0.2, 0.25) is 5.95 Å². The van der Waals surface area contributed by atoms with E-state index in [1.54, 1.807) is 7.05 Å². The third-order valence-electron chi connectivity index (χ3n) is 5.51. The summed E-state index contributed by atoms with van der Waals surface area (Å²) in [5.74, 6) is 1.47. The molecule has 1 fully saturated rings. The van der Waals surface area contributed by atoms with Crippen LogP contribution in [0.25, 0.3) is 11.2 Å². The van der Waals surface area contributed by atoms with Gasteiger partial charge in [-0.15, -0.1) is 0 Å². The SMILES string of the molecule is Cc1ccc(Cn2c(N3CCC(C)CC3)nc3c2c(=O)[nH]c(=O)n3C)cc1. The second-order valence-electron chi connectivity index (χ2n) is 7.64. The predicted octanol–water partition coefficient (Wildman–Crippen LogP) is 2.02. The first-order valence-corrected chi connectivity index (χ1v) is 9.44.